The summed E-state index contributed by atoms with van der Waals surface area (Å²) in [6.07, 6.45) is -0.723. The minimum absolute atomic E-state index is 0.671. The molecule has 0 heterocycles. The fraction of sp³-hybridized carbons (Fsp3) is 0.111. The van der Waals surface area contributed by atoms with Crippen LogP contribution in [0.25, 0.3) is 10.8 Å². The zero-order valence-electron chi connectivity index (χ0n) is 11.6. The Labute approximate surface area is 132 Å². The van der Waals surface area contributed by atoms with Gasteiger partial charge in [0.25, 0.3) is 0 Å². The zero-order valence-corrected chi connectivity index (χ0v) is 13.2. The molecule has 0 saturated carbocycles. The first-order chi connectivity index (χ1) is 10.2. The highest BCUT2D eigenvalue weighted by Crippen LogP contribution is 2.35. The van der Waals surface area contributed by atoms with Gasteiger partial charge in [-0.25, -0.2) is 0 Å². The summed E-state index contributed by atoms with van der Waals surface area (Å²) in [6.45, 7) is 0. The van der Waals surface area contributed by atoms with Gasteiger partial charge in [-0.2, -0.15) is 0 Å². The highest BCUT2D eigenvalue weighted by molar-refractivity contribution is 9.10. The molecule has 1 atom stereocenters. The predicted octanol–water partition coefficient (Wildman–Crippen LogP) is 4.69. The first-order valence-corrected chi connectivity index (χ1v) is 7.49. The molecule has 0 aromatic heterocycles. The second kappa shape index (κ2) is 5.88. The number of rotatable bonds is 3. The molecule has 21 heavy (non-hydrogen) atoms. The summed E-state index contributed by atoms with van der Waals surface area (Å²) in [5, 5.41) is 13.0. The van der Waals surface area contributed by atoms with Gasteiger partial charge in [0, 0.05) is 10.0 Å². The molecular weight excluding hydrogens is 328 g/mol. The second-order valence-electron chi connectivity index (χ2n) is 4.86. The molecule has 106 valence electrons. The largest absolute Gasteiger partial charge is 0.496 e. The van der Waals surface area contributed by atoms with Crippen molar-refractivity contribution in [3.8, 4) is 5.75 Å². The standard InChI is InChI=1S/C18H15BrO2/c1-21-17-11-13(19)9-10-16(17)18(20)15-8-4-6-12-5-2-3-7-14(12)15/h2-11,18,20H,1H3. The van der Waals surface area contributed by atoms with E-state index < -0.39 is 6.10 Å². The normalized spacial score (nSPS) is 12.3. The van der Waals surface area contributed by atoms with Gasteiger partial charge in [0.1, 0.15) is 11.9 Å². The van der Waals surface area contributed by atoms with E-state index in [4.69, 9.17) is 4.74 Å². The lowest BCUT2D eigenvalue weighted by atomic mass is 9.95. The number of benzene rings is 3. The number of hydrogen-bond acceptors (Lipinski definition) is 2. The molecule has 0 aliphatic heterocycles. The van der Waals surface area contributed by atoms with E-state index in [-0.39, 0.29) is 0 Å². The van der Waals surface area contributed by atoms with E-state index in [1.807, 2.05) is 60.7 Å². The van der Waals surface area contributed by atoms with Gasteiger partial charge in [0.15, 0.2) is 0 Å². The van der Waals surface area contributed by atoms with E-state index in [0.29, 0.717) is 5.75 Å². The smallest absolute Gasteiger partial charge is 0.126 e. The van der Waals surface area contributed by atoms with Crippen LogP contribution < -0.4 is 4.74 Å². The fourth-order valence-corrected chi connectivity index (χ4v) is 2.91. The Morgan fingerprint density at radius 3 is 2.52 bits per heavy atom. The van der Waals surface area contributed by atoms with Crippen molar-refractivity contribution in [1.82, 2.24) is 0 Å². The van der Waals surface area contributed by atoms with Crippen LogP contribution in [0.2, 0.25) is 0 Å². The minimum Gasteiger partial charge on any atom is -0.496 e. The Bertz CT molecular complexity index is 778. The van der Waals surface area contributed by atoms with Crippen LogP contribution in [0.15, 0.2) is 65.1 Å². The van der Waals surface area contributed by atoms with E-state index in [1.54, 1.807) is 7.11 Å². The molecule has 0 fully saturated rings. The number of methoxy groups -OCH3 is 1. The molecule has 3 heteroatoms. The van der Waals surface area contributed by atoms with Gasteiger partial charge in [-0.1, -0.05) is 64.5 Å². The first-order valence-electron chi connectivity index (χ1n) is 6.70. The Morgan fingerprint density at radius 2 is 1.71 bits per heavy atom. The monoisotopic (exact) mass is 342 g/mol. The van der Waals surface area contributed by atoms with Gasteiger partial charge < -0.3 is 9.84 Å². The lowest BCUT2D eigenvalue weighted by Gasteiger charge is -2.17. The summed E-state index contributed by atoms with van der Waals surface area (Å²) in [4.78, 5) is 0. The summed E-state index contributed by atoms with van der Waals surface area (Å²) < 4.78 is 6.32. The molecule has 3 aromatic carbocycles. The van der Waals surface area contributed by atoms with Crippen molar-refractivity contribution in [3.63, 3.8) is 0 Å². The fourth-order valence-electron chi connectivity index (χ4n) is 2.57. The number of hydrogen-bond donors (Lipinski definition) is 1. The molecule has 0 aliphatic rings. The molecule has 0 saturated heterocycles. The third kappa shape index (κ3) is 2.67. The molecule has 0 aliphatic carbocycles. The van der Waals surface area contributed by atoms with Gasteiger partial charge in [-0.05, 0) is 28.5 Å². The van der Waals surface area contributed by atoms with Crippen molar-refractivity contribution < 1.29 is 9.84 Å². The maximum atomic E-state index is 10.8. The van der Waals surface area contributed by atoms with Gasteiger partial charge in [-0.15, -0.1) is 0 Å². The average Bonchev–Trinajstić information content (AvgIpc) is 2.53. The van der Waals surface area contributed by atoms with E-state index in [1.165, 1.54) is 0 Å². The highest BCUT2D eigenvalue weighted by Gasteiger charge is 2.17. The van der Waals surface area contributed by atoms with Crippen molar-refractivity contribution >= 4 is 26.7 Å². The SMILES string of the molecule is COc1cc(Br)ccc1C(O)c1cccc2ccccc12. The number of fused-ring (bicyclic) bond motifs is 1. The highest BCUT2D eigenvalue weighted by atomic mass is 79.9. The van der Waals surface area contributed by atoms with E-state index in [0.717, 1.165) is 26.4 Å². The Hall–Kier alpha value is -1.84. The zero-order chi connectivity index (χ0) is 14.8. The van der Waals surface area contributed by atoms with Gasteiger partial charge in [-0.3, -0.25) is 0 Å². The molecule has 0 bridgehead atoms. The summed E-state index contributed by atoms with van der Waals surface area (Å²) in [7, 11) is 1.61. The Kier molecular flexibility index (Phi) is 3.95. The minimum atomic E-state index is -0.723. The molecule has 0 amide bonds. The Balaban J connectivity index is 2.15. The van der Waals surface area contributed by atoms with Crippen molar-refractivity contribution in [3.05, 3.63) is 76.3 Å². The molecule has 1 N–H and O–H groups in total. The maximum absolute atomic E-state index is 10.8. The lowest BCUT2D eigenvalue weighted by molar-refractivity contribution is 0.216. The summed E-state index contributed by atoms with van der Waals surface area (Å²) >= 11 is 3.42. The molecule has 1 unspecified atom stereocenters. The van der Waals surface area contributed by atoms with Crippen LogP contribution in [0.5, 0.6) is 5.75 Å². The van der Waals surface area contributed by atoms with Crippen LogP contribution >= 0.6 is 15.9 Å². The molecule has 0 radical (unpaired) electrons. The van der Waals surface area contributed by atoms with Crippen LogP contribution in [-0.4, -0.2) is 12.2 Å². The lowest BCUT2D eigenvalue weighted by Crippen LogP contribution is -2.03. The quantitative estimate of drug-likeness (QED) is 0.747. The summed E-state index contributed by atoms with van der Waals surface area (Å²) in [5.41, 5.74) is 1.64. The van der Waals surface area contributed by atoms with Crippen LogP contribution in [0.1, 0.15) is 17.2 Å². The van der Waals surface area contributed by atoms with Gasteiger partial charge in [0.2, 0.25) is 0 Å². The summed E-state index contributed by atoms with van der Waals surface area (Å²) in [5.74, 6) is 0.671. The summed E-state index contributed by atoms with van der Waals surface area (Å²) in [6, 6.07) is 19.7. The third-order valence-electron chi connectivity index (χ3n) is 3.61. The van der Waals surface area contributed by atoms with Crippen molar-refractivity contribution in [2.24, 2.45) is 0 Å². The molecule has 3 aromatic rings. The van der Waals surface area contributed by atoms with Crippen LogP contribution in [-0.2, 0) is 0 Å². The Morgan fingerprint density at radius 1 is 0.952 bits per heavy atom. The van der Waals surface area contributed by atoms with Crippen LogP contribution in [0, 0.1) is 0 Å². The predicted molar refractivity (Wildman–Crippen MR) is 88.7 cm³/mol. The number of halogens is 1. The number of ether oxygens (including phenoxy) is 1. The van der Waals surface area contributed by atoms with Crippen LogP contribution in [0.4, 0.5) is 0 Å². The van der Waals surface area contributed by atoms with E-state index in [2.05, 4.69) is 15.9 Å². The third-order valence-corrected chi connectivity index (χ3v) is 4.10. The molecule has 2 nitrogen and oxygen atoms in total. The maximum Gasteiger partial charge on any atom is 0.126 e. The van der Waals surface area contributed by atoms with Crippen molar-refractivity contribution in [2.45, 2.75) is 6.10 Å². The van der Waals surface area contributed by atoms with Crippen molar-refractivity contribution in [1.29, 1.82) is 0 Å². The van der Waals surface area contributed by atoms with Crippen molar-refractivity contribution in [2.75, 3.05) is 7.11 Å². The number of aliphatic hydroxyl groups is 1. The van der Waals surface area contributed by atoms with Gasteiger partial charge >= 0.3 is 0 Å². The van der Waals surface area contributed by atoms with Crippen LogP contribution in [0.3, 0.4) is 0 Å². The second-order valence-corrected chi connectivity index (χ2v) is 5.77. The topological polar surface area (TPSA) is 29.5 Å². The van der Waals surface area contributed by atoms with Gasteiger partial charge in [0.05, 0.1) is 7.11 Å². The first kappa shape index (κ1) is 14.1. The number of aliphatic hydroxyl groups excluding tert-OH is 1. The average molecular weight is 343 g/mol. The molecular formula is C18H15BrO2. The van der Waals surface area contributed by atoms with E-state index >= 15 is 0 Å². The van der Waals surface area contributed by atoms with E-state index in [9.17, 15) is 5.11 Å². The molecule has 3 rings (SSSR count). The molecule has 0 spiro atoms.